The van der Waals surface area contributed by atoms with Crippen molar-refractivity contribution in [2.75, 3.05) is 0 Å². The summed E-state index contributed by atoms with van der Waals surface area (Å²) in [5.41, 5.74) is 7.78. The number of thiophene rings is 4. The summed E-state index contributed by atoms with van der Waals surface area (Å²) in [6.45, 7) is 9.31. The van der Waals surface area contributed by atoms with Gasteiger partial charge in [0.15, 0.2) is 0 Å². The predicted octanol–water partition coefficient (Wildman–Crippen LogP) is 23.5. The number of hydrogen-bond donors (Lipinski definition) is 0. The van der Waals surface area contributed by atoms with Crippen molar-refractivity contribution < 1.29 is 0 Å². The average molecular weight is 1030 g/mol. The quantitative estimate of drug-likeness (QED) is 0.0359. The first kappa shape index (κ1) is 56.1. The van der Waals surface area contributed by atoms with Crippen LogP contribution in [-0.4, -0.2) is 8.75 Å². The number of hydrogen-bond acceptors (Lipinski definition) is 7. The summed E-state index contributed by atoms with van der Waals surface area (Å²) in [6, 6.07) is 19.1. The number of aromatic nitrogens is 2. The molecule has 0 spiro atoms. The molecule has 0 saturated heterocycles. The van der Waals surface area contributed by atoms with Crippen LogP contribution in [0.4, 0.5) is 0 Å². The maximum absolute atomic E-state index is 5.10. The first-order valence-corrected chi connectivity index (χ1v) is 32.8. The SMILES string of the molecule is CCCCCCCCCCC(CCCCCCCC)Cc1cc(-c2ccc(-c3cc(CC(CCCCCCCC)CCCCCCCCCC)c(-c4cccs4)s3)c3nsnc23)sc1-c1cccs1. The molecule has 0 aliphatic rings. The zero-order chi connectivity index (χ0) is 48.1. The molecule has 0 radical (unpaired) electrons. The van der Waals surface area contributed by atoms with Crippen molar-refractivity contribution in [1.29, 1.82) is 0 Å². The standard InChI is InChI=1S/C62H92N2S5/c1-5-9-13-17-21-23-27-31-37-49(35-29-25-19-15-11-7-3)45-51-47-57(67-61(51)55-39-33-43-65-55)53-41-42-54(60-59(53)63-69-64-60)58-48-52(62(68-58)56-40-34-44-66-56)46-50(36-30-26-20-16-12-8-4)38-32-28-24-22-18-14-10-6-2/h33-34,39-44,47-50H,5-32,35-38,45-46H2,1-4H3. The fraction of sp³-hybridized carbons (Fsp3) is 0.645. The third-order valence-corrected chi connectivity index (χ3v) is 20.0. The van der Waals surface area contributed by atoms with E-state index in [2.05, 4.69) is 87.0 Å². The van der Waals surface area contributed by atoms with E-state index < -0.39 is 0 Å². The highest BCUT2D eigenvalue weighted by Gasteiger charge is 2.23. The van der Waals surface area contributed by atoms with Gasteiger partial charge in [-0.25, -0.2) is 0 Å². The van der Waals surface area contributed by atoms with Crippen molar-refractivity contribution >= 4 is 68.1 Å². The lowest BCUT2D eigenvalue weighted by Gasteiger charge is -2.17. The smallest absolute Gasteiger partial charge is 0.114 e. The molecule has 0 amide bonds. The van der Waals surface area contributed by atoms with Gasteiger partial charge in [-0.2, -0.15) is 8.75 Å². The molecule has 0 aliphatic heterocycles. The Morgan fingerprint density at radius 2 is 0.696 bits per heavy atom. The van der Waals surface area contributed by atoms with E-state index in [1.165, 1.54) is 270 Å². The molecule has 0 fully saturated rings. The minimum Gasteiger partial charge on any atom is -0.172 e. The van der Waals surface area contributed by atoms with Gasteiger partial charge >= 0.3 is 0 Å². The van der Waals surface area contributed by atoms with Gasteiger partial charge in [0.1, 0.15) is 11.0 Å². The second-order valence-electron chi connectivity index (χ2n) is 20.8. The van der Waals surface area contributed by atoms with Crippen LogP contribution in [0.5, 0.6) is 0 Å². The van der Waals surface area contributed by atoms with E-state index in [0.29, 0.717) is 0 Å². The van der Waals surface area contributed by atoms with Crippen LogP contribution >= 0.6 is 57.1 Å². The second kappa shape index (κ2) is 33.5. The largest absolute Gasteiger partial charge is 0.172 e. The molecule has 5 aromatic heterocycles. The lowest BCUT2D eigenvalue weighted by molar-refractivity contribution is 0.401. The van der Waals surface area contributed by atoms with Gasteiger partial charge in [0.2, 0.25) is 0 Å². The Morgan fingerprint density at radius 3 is 1.00 bits per heavy atom. The van der Waals surface area contributed by atoms with Gasteiger partial charge in [-0.05, 0) is 70.8 Å². The van der Waals surface area contributed by atoms with Gasteiger partial charge in [0.25, 0.3) is 0 Å². The monoisotopic (exact) mass is 1020 g/mol. The van der Waals surface area contributed by atoms with Crippen molar-refractivity contribution in [2.24, 2.45) is 11.8 Å². The zero-order valence-electron chi connectivity index (χ0n) is 43.9. The van der Waals surface area contributed by atoms with Crippen LogP contribution in [0.3, 0.4) is 0 Å². The topological polar surface area (TPSA) is 25.8 Å². The Bertz CT molecular complexity index is 2040. The zero-order valence-corrected chi connectivity index (χ0v) is 48.0. The molecular formula is C62H92N2S5. The van der Waals surface area contributed by atoms with E-state index in [0.717, 1.165) is 22.9 Å². The molecule has 0 bridgehead atoms. The van der Waals surface area contributed by atoms with Crippen molar-refractivity contribution in [3.05, 3.63) is 70.4 Å². The summed E-state index contributed by atoms with van der Waals surface area (Å²) in [7, 11) is 0. The third kappa shape index (κ3) is 19.0. The Morgan fingerprint density at radius 1 is 0.377 bits per heavy atom. The molecule has 69 heavy (non-hydrogen) atoms. The molecule has 0 saturated carbocycles. The Kier molecular flexibility index (Phi) is 27.3. The van der Waals surface area contributed by atoms with Gasteiger partial charge in [-0.1, -0.05) is 257 Å². The first-order valence-electron chi connectivity index (χ1n) is 28.7. The summed E-state index contributed by atoms with van der Waals surface area (Å²) < 4.78 is 10.2. The molecule has 380 valence electrons. The van der Waals surface area contributed by atoms with E-state index in [-0.39, 0.29) is 0 Å². The molecule has 2 unspecified atom stereocenters. The van der Waals surface area contributed by atoms with E-state index in [1.807, 2.05) is 45.3 Å². The van der Waals surface area contributed by atoms with Gasteiger partial charge in [-0.3, -0.25) is 0 Å². The van der Waals surface area contributed by atoms with Crippen molar-refractivity contribution in [3.63, 3.8) is 0 Å². The van der Waals surface area contributed by atoms with Crippen LogP contribution in [0.1, 0.15) is 244 Å². The van der Waals surface area contributed by atoms with Crippen molar-refractivity contribution in [1.82, 2.24) is 8.75 Å². The molecule has 0 N–H and O–H groups in total. The maximum atomic E-state index is 5.10. The van der Waals surface area contributed by atoms with Crippen LogP contribution in [0, 0.1) is 11.8 Å². The fourth-order valence-corrected chi connectivity index (χ4v) is 15.6. The van der Waals surface area contributed by atoms with E-state index in [9.17, 15) is 0 Å². The summed E-state index contributed by atoms with van der Waals surface area (Å²) in [6.07, 6.45) is 46.7. The lowest BCUT2D eigenvalue weighted by atomic mass is 9.88. The Labute approximate surface area is 442 Å². The minimum absolute atomic E-state index is 0.747. The van der Waals surface area contributed by atoms with Gasteiger partial charge in [0, 0.05) is 40.4 Å². The molecule has 7 heteroatoms. The van der Waals surface area contributed by atoms with E-state index in [4.69, 9.17) is 8.75 Å². The molecule has 5 heterocycles. The maximum Gasteiger partial charge on any atom is 0.114 e. The minimum atomic E-state index is 0.747. The molecule has 0 aliphatic carbocycles. The highest BCUT2D eigenvalue weighted by atomic mass is 32.1. The van der Waals surface area contributed by atoms with Gasteiger partial charge < -0.3 is 0 Å². The predicted molar refractivity (Wildman–Crippen MR) is 315 cm³/mol. The molecule has 6 aromatic rings. The third-order valence-electron chi connectivity index (χ3n) is 14.9. The molecule has 2 atom stereocenters. The Hall–Kier alpha value is -2.16. The van der Waals surface area contributed by atoms with Crippen LogP contribution in [-0.2, 0) is 12.8 Å². The van der Waals surface area contributed by atoms with E-state index >= 15 is 0 Å². The summed E-state index contributed by atoms with van der Waals surface area (Å²) in [5, 5.41) is 4.52. The van der Waals surface area contributed by atoms with Crippen LogP contribution in [0.15, 0.2) is 59.3 Å². The molecule has 6 rings (SSSR count). The summed E-state index contributed by atoms with van der Waals surface area (Å²) in [4.78, 5) is 8.51. The Balaban J connectivity index is 1.22. The lowest BCUT2D eigenvalue weighted by Crippen LogP contribution is -2.05. The fourth-order valence-electron chi connectivity index (χ4n) is 10.8. The van der Waals surface area contributed by atoms with Crippen LogP contribution in [0.2, 0.25) is 0 Å². The number of unbranched alkanes of at least 4 members (excludes halogenated alkanes) is 24. The number of nitrogens with zero attached hydrogens (tertiary/aromatic N) is 2. The van der Waals surface area contributed by atoms with Crippen LogP contribution in [0.25, 0.3) is 51.4 Å². The summed E-state index contributed by atoms with van der Waals surface area (Å²) in [5.74, 6) is 1.49. The van der Waals surface area contributed by atoms with Crippen LogP contribution < -0.4 is 0 Å². The number of benzene rings is 1. The summed E-state index contributed by atoms with van der Waals surface area (Å²) >= 11 is 9.19. The molecule has 2 nitrogen and oxygen atoms in total. The van der Waals surface area contributed by atoms with Gasteiger partial charge in [-0.15, -0.1) is 45.3 Å². The average Bonchev–Trinajstić information content (AvgIpc) is 4.23. The van der Waals surface area contributed by atoms with Gasteiger partial charge in [0.05, 0.1) is 11.7 Å². The van der Waals surface area contributed by atoms with Crippen molar-refractivity contribution in [3.8, 4) is 40.4 Å². The number of fused-ring (bicyclic) bond motifs is 1. The first-order chi connectivity index (χ1) is 34.1. The highest BCUT2D eigenvalue weighted by molar-refractivity contribution is 7.24. The highest BCUT2D eigenvalue weighted by Crippen LogP contribution is 2.47. The van der Waals surface area contributed by atoms with Crippen molar-refractivity contribution in [2.45, 2.75) is 246 Å². The second-order valence-corrected chi connectivity index (χ2v) is 25.3. The van der Waals surface area contributed by atoms with E-state index in [1.54, 1.807) is 11.1 Å². The molecular weight excluding hydrogens is 933 g/mol. The normalized spacial score (nSPS) is 12.8. The number of rotatable bonds is 40. The molecule has 1 aromatic carbocycles.